The standard InChI is InChI=1S/C17H13Cl2N5O3/c18-13-4-5-15(16(19)7-13)17(8-23-11-20-10-21-23)22-27-9-12-2-1-3-14(6-12)24(25)26/h1-7,10-11H,8-9H2/b22-17+. The molecule has 0 unspecified atom stereocenters. The van der Waals surface area contributed by atoms with E-state index in [4.69, 9.17) is 28.0 Å². The van der Waals surface area contributed by atoms with Crippen LogP contribution < -0.4 is 0 Å². The lowest BCUT2D eigenvalue weighted by Crippen LogP contribution is -2.13. The van der Waals surface area contributed by atoms with Crippen LogP contribution in [0.2, 0.25) is 10.0 Å². The number of nitrogens with zero attached hydrogens (tertiary/aromatic N) is 5. The maximum Gasteiger partial charge on any atom is 0.269 e. The molecule has 2 aromatic carbocycles. The van der Waals surface area contributed by atoms with Crippen LogP contribution in [-0.2, 0) is 18.0 Å². The molecule has 138 valence electrons. The molecule has 0 radical (unpaired) electrons. The number of nitro groups is 1. The summed E-state index contributed by atoms with van der Waals surface area (Å²) in [4.78, 5) is 19.7. The molecule has 10 heteroatoms. The highest BCUT2D eigenvalue weighted by atomic mass is 35.5. The summed E-state index contributed by atoms with van der Waals surface area (Å²) < 4.78 is 1.57. The zero-order valence-corrected chi connectivity index (χ0v) is 15.3. The summed E-state index contributed by atoms with van der Waals surface area (Å²) in [6.07, 6.45) is 2.95. The highest BCUT2D eigenvalue weighted by Crippen LogP contribution is 2.22. The highest BCUT2D eigenvalue weighted by molar-refractivity contribution is 6.37. The Kier molecular flexibility index (Phi) is 6.00. The highest BCUT2D eigenvalue weighted by Gasteiger charge is 2.12. The molecule has 0 bridgehead atoms. The van der Waals surface area contributed by atoms with Gasteiger partial charge in [-0.15, -0.1) is 0 Å². The Morgan fingerprint density at radius 1 is 1.26 bits per heavy atom. The average Bonchev–Trinajstić information content (AvgIpc) is 3.14. The number of halogens is 2. The maximum atomic E-state index is 10.9. The molecule has 0 amide bonds. The van der Waals surface area contributed by atoms with Crippen LogP contribution in [-0.4, -0.2) is 25.4 Å². The van der Waals surface area contributed by atoms with Crippen molar-refractivity contribution in [2.24, 2.45) is 5.16 Å². The van der Waals surface area contributed by atoms with Crippen LogP contribution >= 0.6 is 23.2 Å². The smallest absolute Gasteiger partial charge is 0.269 e. The van der Waals surface area contributed by atoms with Crippen molar-refractivity contribution in [3.63, 3.8) is 0 Å². The van der Waals surface area contributed by atoms with E-state index in [-0.39, 0.29) is 18.8 Å². The van der Waals surface area contributed by atoms with Crippen LogP contribution in [0.15, 0.2) is 60.3 Å². The molecule has 0 spiro atoms. The fraction of sp³-hybridized carbons (Fsp3) is 0.118. The number of oxime groups is 1. The normalized spacial score (nSPS) is 11.4. The molecular weight excluding hydrogens is 393 g/mol. The van der Waals surface area contributed by atoms with Gasteiger partial charge < -0.3 is 4.84 Å². The molecule has 0 N–H and O–H groups in total. The molecule has 27 heavy (non-hydrogen) atoms. The third-order valence-corrected chi connectivity index (χ3v) is 4.10. The minimum Gasteiger partial charge on any atom is -0.391 e. The second kappa shape index (κ2) is 8.61. The number of rotatable bonds is 7. The first-order valence-electron chi connectivity index (χ1n) is 7.73. The summed E-state index contributed by atoms with van der Waals surface area (Å²) in [5.74, 6) is 0. The van der Waals surface area contributed by atoms with E-state index in [2.05, 4.69) is 15.2 Å². The van der Waals surface area contributed by atoms with Crippen molar-refractivity contribution < 1.29 is 9.76 Å². The van der Waals surface area contributed by atoms with Gasteiger partial charge in [0.1, 0.15) is 25.0 Å². The topological polar surface area (TPSA) is 95.4 Å². The lowest BCUT2D eigenvalue weighted by molar-refractivity contribution is -0.384. The van der Waals surface area contributed by atoms with E-state index in [1.165, 1.54) is 18.5 Å². The Balaban J connectivity index is 1.81. The second-order valence-electron chi connectivity index (χ2n) is 5.46. The Morgan fingerprint density at radius 3 is 2.81 bits per heavy atom. The van der Waals surface area contributed by atoms with Gasteiger partial charge in [-0.2, -0.15) is 5.10 Å². The van der Waals surface area contributed by atoms with Crippen molar-refractivity contribution in [2.75, 3.05) is 0 Å². The van der Waals surface area contributed by atoms with Gasteiger partial charge in [-0.25, -0.2) is 9.67 Å². The van der Waals surface area contributed by atoms with Gasteiger partial charge in [-0.05, 0) is 23.8 Å². The summed E-state index contributed by atoms with van der Waals surface area (Å²) in [7, 11) is 0. The fourth-order valence-electron chi connectivity index (χ4n) is 2.30. The first kappa shape index (κ1) is 18.8. The predicted octanol–water partition coefficient (Wildman–Crippen LogP) is 4.11. The molecule has 1 heterocycles. The van der Waals surface area contributed by atoms with Gasteiger partial charge >= 0.3 is 0 Å². The second-order valence-corrected chi connectivity index (χ2v) is 6.30. The first-order valence-corrected chi connectivity index (χ1v) is 8.48. The van der Waals surface area contributed by atoms with Crippen molar-refractivity contribution in [2.45, 2.75) is 13.2 Å². The molecule has 0 aliphatic heterocycles. The van der Waals surface area contributed by atoms with Crippen molar-refractivity contribution in [1.29, 1.82) is 0 Å². The van der Waals surface area contributed by atoms with Gasteiger partial charge in [0.05, 0.1) is 16.5 Å². The zero-order chi connectivity index (χ0) is 19.2. The molecule has 0 atom stereocenters. The maximum absolute atomic E-state index is 10.9. The molecule has 0 saturated carbocycles. The van der Waals surface area contributed by atoms with Crippen LogP contribution in [0.25, 0.3) is 0 Å². The lowest BCUT2D eigenvalue weighted by atomic mass is 10.1. The van der Waals surface area contributed by atoms with Gasteiger partial charge in [0.15, 0.2) is 0 Å². The Morgan fingerprint density at radius 2 is 2.11 bits per heavy atom. The van der Waals surface area contributed by atoms with E-state index in [0.717, 1.165) is 0 Å². The van der Waals surface area contributed by atoms with Gasteiger partial charge in [-0.3, -0.25) is 10.1 Å². The SMILES string of the molecule is O=[N+]([O-])c1cccc(CO/N=C(\Cn2cncn2)c2ccc(Cl)cc2Cl)c1. The van der Waals surface area contributed by atoms with Crippen molar-refractivity contribution in [1.82, 2.24) is 14.8 Å². The Hall–Kier alpha value is -2.97. The quantitative estimate of drug-likeness (QED) is 0.334. The van der Waals surface area contributed by atoms with Crippen LogP contribution in [0.4, 0.5) is 5.69 Å². The third kappa shape index (κ3) is 5.02. The molecule has 8 nitrogen and oxygen atoms in total. The number of hydrogen-bond donors (Lipinski definition) is 0. The number of hydrogen-bond acceptors (Lipinski definition) is 6. The predicted molar refractivity (Wildman–Crippen MR) is 101 cm³/mol. The van der Waals surface area contributed by atoms with E-state index < -0.39 is 4.92 Å². The summed E-state index contributed by atoms with van der Waals surface area (Å²) in [5, 5.41) is 20.0. The van der Waals surface area contributed by atoms with Crippen molar-refractivity contribution in [3.05, 3.63) is 86.4 Å². The van der Waals surface area contributed by atoms with Crippen LogP contribution in [0.3, 0.4) is 0 Å². The van der Waals surface area contributed by atoms with Gasteiger partial charge in [0.2, 0.25) is 0 Å². The summed E-state index contributed by atoms with van der Waals surface area (Å²) in [6.45, 7) is 0.337. The third-order valence-electron chi connectivity index (χ3n) is 3.55. The van der Waals surface area contributed by atoms with Gasteiger partial charge in [0, 0.05) is 22.7 Å². The Bertz CT molecular complexity index is 976. The lowest BCUT2D eigenvalue weighted by Gasteiger charge is -2.09. The van der Waals surface area contributed by atoms with E-state index in [1.54, 1.807) is 41.3 Å². The van der Waals surface area contributed by atoms with Gasteiger partial charge in [0.25, 0.3) is 5.69 Å². The van der Waals surface area contributed by atoms with Crippen molar-refractivity contribution >= 4 is 34.6 Å². The van der Waals surface area contributed by atoms with E-state index in [0.29, 0.717) is 26.9 Å². The van der Waals surface area contributed by atoms with E-state index in [1.807, 2.05) is 0 Å². The molecular formula is C17H13Cl2N5O3. The van der Waals surface area contributed by atoms with Crippen LogP contribution in [0, 0.1) is 10.1 Å². The number of aromatic nitrogens is 3. The van der Waals surface area contributed by atoms with E-state index >= 15 is 0 Å². The van der Waals surface area contributed by atoms with Gasteiger partial charge in [-0.1, -0.05) is 40.5 Å². The summed E-state index contributed by atoms with van der Waals surface area (Å²) in [5.41, 5.74) is 1.75. The Labute approximate surface area is 164 Å². The minimum absolute atomic E-state index is 0.0105. The number of non-ortho nitro benzene ring substituents is 1. The van der Waals surface area contributed by atoms with Crippen LogP contribution in [0.1, 0.15) is 11.1 Å². The summed E-state index contributed by atoms with van der Waals surface area (Å²) in [6, 6.07) is 11.2. The van der Waals surface area contributed by atoms with E-state index in [9.17, 15) is 10.1 Å². The molecule has 0 fully saturated rings. The average molecular weight is 406 g/mol. The molecule has 3 aromatic rings. The first-order chi connectivity index (χ1) is 13.0. The van der Waals surface area contributed by atoms with Crippen LogP contribution in [0.5, 0.6) is 0 Å². The molecule has 0 aliphatic rings. The zero-order valence-electron chi connectivity index (χ0n) is 13.8. The molecule has 0 aliphatic carbocycles. The number of benzene rings is 2. The number of nitro benzene ring substituents is 1. The van der Waals surface area contributed by atoms with Crippen molar-refractivity contribution in [3.8, 4) is 0 Å². The molecule has 0 saturated heterocycles. The summed E-state index contributed by atoms with van der Waals surface area (Å²) >= 11 is 12.2. The minimum atomic E-state index is -0.462. The molecule has 3 rings (SSSR count). The largest absolute Gasteiger partial charge is 0.391 e. The fourth-order valence-corrected chi connectivity index (χ4v) is 2.82. The monoisotopic (exact) mass is 405 g/mol. The molecule has 1 aromatic heterocycles.